The van der Waals surface area contributed by atoms with Crippen LogP contribution in [0, 0.1) is 0 Å². The predicted octanol–water partition coefficient (Wildman–Crippen LogP) is 1.92. The summed E-state index contributed by atoms with van der Waals surface area (Å²) in [5.74, 6) is 0.913. The van der Waals surface area contributed by atoms with Gasteiger partial charge in [0.1, 0.15) is 5.75 Å². The van der Waals surface area contributed by atoms with Crippen LogP contribution in [0.3, 0.4) is 0 Å². The highest BCUT2D eigenvalue weighted by molar-refractivity contribution is 5.42. The van der Waals surface area contributed by atoms with Gasteiger partial charge >= 0.3 is 0 Å². The molecule has 1 aliphatic carbocycles. The molecule has 2 rings (SSSR count). The van der Waals surface area contributed by atoms with Crippen LogP contribution >= 0.6 is 0 Å². The zero-order valence-corrected chi connectivity index (χ0v) is 10.1. The van der Waals surface area contributed by atoms with Crippen molar-refractivity contribution in [1.29, 1.82) is 0 Å². The molecule has 0 bridgehead atoms. The number of benzene rings is 1. The molecule has 0 saturated carbocycles. The van der Waals surface area contributed by atoms with Crippen LogP contribution in [-0.2, 0) is 11.2 Å². The maximum Gasteiger partial charge on any atom is 0.119 e. The molecule has 1 aliphatic rings. The molecule has 0 amide bonds. The van der Waals surface area contributed by atoms with Gasteiger partial charge in [0.05, 0.1) is 19.3 Å². The molecule has 0 radical (unpaired) electrons. The molecule has 1 aromatic carbocycles. The number of hydrogen-bond donors (Lipinski definition) is 1. The maximum absolute atomic E-state index is 5.76. The Morgan fingerprint density at radius 3 is 2.88 bits per heavy atom. The number of likely N-dealkylation sites (N-methyl/N-ethyl adjacent to an activating group) is 1. The van der Waals surface area contributed by atoms with E-state index in [1.54, 1.807) is 7.11 Å². The predicted molar refractivity (Wildman–Crippen MR) is 63.9 cm³/mol. The topological polar surface area (TPSA) is 30.5 Å². The number of hydrogen-bond acceptors (Lipinski definition) is 3. The van der Waals surface area contributed by atoms with Gasteiger partial charge in [-0.05, 0) is 37.2 Å². The highest BCUT2D eigenvalue weighted by atomic mass is 16.5. The van der Waals surface area contributed by atoms with Gasteiger partial charge in [-0.25, -0.2) is 0 Å². The molecular weight excluding hydrogens is 202 g/mol. The van der Waals surface area contributed by atoms with Crippen LogP contribution in [0.5, 0.6) is 5.75 Å². The fourth-order valence-electron chi connectivity index (χ4n) is 2.42. The molecule has 0 aliphatic heterocycles. The first-order chi connectivity index (χ1) is 7.80. The maximum atomic E-state index is 5.76. The van der Waals surface area contributed by atoms with E-state index in [4.69, 9.17) is 9.47 Å². The third-order valence-corrected chi connectivity index (χ3v) is 3.17. The van der Waals surface area contributed by atoms with E-state index < -0.39 is 0 Å². The molecule has 1 aromatic rings. The molecule has 2 unspecified atom stereocenters. The van der Waals surface area contributed by atoms with Crippen LogP contribution in [0.25, 0.3) is 0 Å². The highest BCUT2D eigenvalue weighted by Gasteiger charge is 2.32. The van der Waals surface area contributed by atoms with E-state index in [1.807, 2.05) is 20.0 Å². The minimum atomic E-state index is 0.247. The Morgan fingerprint density at radius 1 is 1.44 bits per heavy atom. The van der Waals surface area contributed by atoms with Crippen molar-refractivity contribution in [3.8, 4) is 5.75 Å². The fourth-order valence-corrected chi connectivity index (χ4v) is 2.42. The van der Waals surface area contributed by atoms with Crippen LogP contribution in [0.4, 0.5) is 0 Å². The van der Waals surface area contributed by atoms with Gasteiger partial charge in [-0.15, -0.1) is 0 Å². The molecular formula is C13H19NO2. The quantitative estimate of drug-likeness (QED) is 0.842. The molecule has 3 heteroatoms. The summed E-state index contributed by atoms with van der Waals surface area (Å²) in [5, 5.41) is 3.33. The minimum absolute atomic E-state index is 0.247. The Morgan fingerprint density at radius 2 is 2.25 bits per heavy atom. The Hall–Kier alpha value is -1.06. The second kappa shape index (κ2) is 4.85. The lowest BCUT2D eigenvalue weighted by molar-refractivity contribution is 0.0453. The largest absolute Gasteiger partial charge is 0.497 e. The molecule has 16 heavy (non-hydrogen) atoms. The molecule has 0 fully saturated rings. The summed E-state index contributed by atoms with van der Waals surface area (Å²) >= 11 is 0. The molecule has 3 nitrogen and oxygen atoms in total. The lowest BCUT2D eigenvalue weighted by Crippen LogP contribution is -2.28. The van der Waals surface area contributed by atoms with Crippen molar-refractivity contribution < 1.29 is 9.47 Å². The Bertz CT molecular complexity index is 365. The number of methoxy groups -OCH3 is 1. The summed E-state index contributed by atoms with van der Waals surface area (Å²) in [6.45, 7) is 2.80. The Labute approximate surface area is 96.8 Å². The standard InChI is InChI=1S/C13H19NO2/c1-4-16-12-7-9-5-6-10(15-3)8-11(9)13(12)14-2/h5-6,8,12-14H,4,7H2,1-3H3. The van der Waals surface area contributed by atoms with E-state index in [-0.39, 0.29) is 12.1 Å². The van der Waals surface area contributed by atoms with Gasteiger partial charge in [0.25, 0.3) is 0 Å². The summed E-state index contributed by atoms with van der Waals surface area (Å²) in [6.07, 6.45) is 1.23. The molecule has 88 valence electrons. The van der Waals surface area contributed by atoms with Crippen LogP contribution in [0.2, 0.25) is 0 Å². The third kappa shape index (κ3) is 1.93. The smallest absolute Gasteiger partial charge is 0.119 e. The summed E-state index contributed by atoms with van der Waals surface area (Å²) in [5.41, 5.74) is 2.67. The van der Waals surface area contributed by atoms with E-state index in [2.05, 4.69) is 17.4 Å². The zero-order chi connectivity index (χ0) is 11.5. The van der Waals surface area contributed by atoms with Crippen LogP contribution in [0.1, 0.15) is 24.1 Å². The number of rotatable bonds is 4. The highest BCUT2D eigenvalue weighted by Crippen LogP contribution is 2.35. The van der Waals surface area contributed by atoms with E-state index in [0.29, 0.717) is 0 Å². The van der Waals surface area contributed by atoms with Gasteiger partial charge in [-0.1, -0.05) is 6.07 Å². The van der Waals surface area contributed by atoms with Crippen molar-refractivity contribution in [2.75, 3.05) is 20.8 Å². The van der Waals surface area contributed by atoms with Crippen molar-refractivity contribution in [3.05, 3.63) is 29.3 Å². The lowest BCUT2D eigenvalue weighted by Gasteiger charge is -2.19. The van der Waals surface area contributed by atoms with Gasteiger partial charge in [-0.3, -0.25) is 0 Å². The third-order valence-electron chi connectivity index (χ3n) is 3.17. The average Bonchev–Trinajstić information content (AvgIpc) is 2.65. The first-order valence-electron chi connectivity index (χ1n) is 5.75. The normalized spacial score (nSPS) is 23.2. The SMILES string of the molecule is CCOC1Cc2ccc(OC)cc2C1NC. The molecule has 0 heterocycles. The van der Waals surface area contributed by atoms with Crippen molar-refractivity contribution in [2.24, 2.45) is 0 Å². The van der Waals surface area contributed by atoms with Crippen molar-refractivity contribution >= 4 is 0 Å². The molecule has 0 saturated heterocycles. The minimum Gasteiger partial charge on any atom is -0.497 e. The van der Waals surface area contributed by atoms with E-state index >= 15 is 0 Å². The first-order valence-corrected chi connectivity index (χ1v) is 5.75. The molecule has 1 N–H and O–H groups in total. The van der Waals surface area contributed by atoms with Crippen LogP contribution < -0.4 is 10.1 Å². The van der Waals surface area contributed by atoms with Gasteiger partial charge in [0.2, 0.25) is 0 Å². The lowest BCUT2D eigenvalue weighted by atomic mass is 10.1. The van der Waals surface area contributed by atoms with E-state index in [1.165, 1.54) is 11.1 Å². The second-order valence-corrected chi connectivity index (χ2v) is 4.03. The van der Waals surface area contributed by atoms with Gasteiger partial charge in [0.15, 0.2) is 0 Å². The average molecular weight is 221 g/mol. The van der Waals surface area contributed by atoms with Crippen LogP contribution in [-0.4, -0.2) is 26.9 Å². The Kier molecular flexibility index (Phi) is 3.46. The fraction of sp³-hybridized carbons (Fsp3) is 0.538. The number of ether oxygens (including phenoxy) is 2. The summed E-state index contributed by atoms with van der Waals surface area (Å²) < 4.78 is 11.0. The summed E-state index contributed by atoms with van der Waals surface area (Å²) in [7, 11) is 3.68. The molecule has 0 aromatic heterocycles. The van der Waals surface area contributed by atoms with Crippen molar-refractivity contribution in [1.82, 2.24) is 5.32 Å². The number of nitrogens with one attached hydrogen (secondary N) is 1. The molecule has 2 atom stereocenters. The number of fused-ring (bicyclic) bond motifs is 1. The van der Waals surface area contributed by atoms with Gasteiger partial charge in [-0.2, -0.15) is 0 Å². The van der Waals surface area contributed by atoms with Gasteiger partial charge < -0.3 is 14.8 Å². The van der Waals surface area contributed by atoms with E-state index in [9.17, 15) is 0 Å². The van der Waals surface area contributed by atoms with Crippen LogP contribution in [0.15, 0.2) is 18.2 Å². The molecule has 0 spiro atoms. The summed E-state index contributed by atoms with van der Waals surface area (Å²) in [6, 6.07) is 6.54. The van der Waals surface area contributed by atoms with E-state index in [0.717, 1.165) is 18.8 Å². The summed E-state index contributed by atoms with van der Waals surface area (Å²) in [4.78, 5) is 0. The van der Waals surface area contributed by atoms with Crippen molar-refractivity contribution in [3.63, 3.8) is 0 Å². The zero-order valence-electron chi connectivity index (χ0n) is 10.1. The van der Waals surface area contributed by atoms with Crippen molar-refractivity contribution in [2.45, 2.75) is 25.5 Å². The second-order valence-electron chi connectivity index (χ2n) is 4.03. The van der Waals surface area contributed by atoms with Gasteiger partial charge in [0, 0.05) is 13.0 Å². The Balaban J connectivity index is 2.28. The first kappa shape index (κ1) is 11.4. The monoisotopic (exact) mass is 221 g/mol.